The predicted octanol–water partition coefficient (Wildman–Crippen LogP) is 2.76. The number of nitrogens with zero attached hydrogens (tertiary/aromatic N) is 1. The molecule has 3 rings (SSSR count). The van der Waals surface area contributed by atoms with E-state index in [0.29, 0.717) is 0 Å². The van der Waals surface area contributed by atoms with Crippen molar-refractivity contribution in [1.82, 2.24) is 4.57 Å². The Morgan fingerprint density at radius 1 is 0.969 bits per heavy atom. The second-order valence-corrected chi connectivity index (χ2v) is 6.94. The van der Waals surface area contributed by atoms with Crippen LogP contribution in [0.2, 0.25) is 0 Å². The summed E-state index contributed by atoms with van der Waals surface area (Å²) in [6.45, 7) is 1.61. The van der Waals surface area contributed by atoms with E-state index in [1.165, 1.54) is 23.6 Å². The maximum Gasteiger partial charge on any atom is 0.470 e. The van der Waals surface area contributed by atoms with Gasteiger partial charge in [-0.1, -0.05) is 36.4 Å². The summed E-state index contributed by atoms with van der Waals surface area (Å²) < 4.78 is 60.3. The summed E-state index contributed by atoms with van der Waals surface area (Å²) in [5.74, 6) is -10.7. The number of ketones is 1. The third kappa shape index (κ3) is 3.77. The molecule has 2 amide bonds. The Balaban J connectivity index is 2.30. The average Bonchev–Trinajstić information content (AvgIpc) is 2.99. The number of benzene rings is 2. The van der Waals surface area contributed by atoms with Gasteiger partial charge in [-0.15, -0.1) is 0 Å². The van der Waals surface area contributed by atoms with Gasteiger partial charge in [-0.05, 0) is 24.6 Å². The van der Waals surface area contributed by atoms with Gasteiger partial charge in [-0.25, -0.2) is 0 Å². The summed E-state index contributed by atoms with van der Waals surface area (Å²) in [7, 11) is 0. The Morgan fingerprint density at radius 2 is 1.59 bits per heavy atom. The summed E-state index contributed by atoms with van der Waals surface area (Å²) in [5, 5.41) is -0.308. The zero-order chi connectivity index (χ0) is 23.8. The first-order chi connectivity index (χ1) is 14.9. The number of Topliss-reactive ketones (excluding diaryl/α,β-unsaturated/α-hetero) is 1. The van der Waals surface area contributed by atoms with Crippen LogP contribution in [0.1, 0.15) is 21.6 Å². The van der Waals surface area contributed by atoms with Crippen LogP contribution in [0.15, 0.2) is 48.5 Å². The molecule has 1 heterocycles. The van der Waals surface area contributed by atoms with Crippen LogP contribution in [0.4, 0.5) is 17.6 Å². The molecule has 7 nitrogen and oxygen atoms in total. The fraction of sp³-hybridized carbons (Fsp3) is 0.190. The summed E-state index contributed by atoms with van der Waals surface area (Å²) in [4.78, 5) is 35.5. The molecule has 168 valence electrons. The fourth-order valence-electron chi connectivity index (χ4n) is 3.35. The molecule has 0 bridgehead atoms. The summed E-state index contributed by atoms with van der Waals surface area (Å²) >= 11 is 0. The molecule has 0 radical (unpaired) electrons. The van der Waals surface area contributed by atoms with Gasteiger partial charge in [-0.2, -0.15) is 17.6 Å². The van der Waals surface area contributed by atoms with Crippen LogP contribution in [-0.4, -0.2) is 34.2 Å². The minimum Gasteiger partial charge on any atom is -0.442 e. The SMILES string of the molecule is Cc1c(C(=O)C(N)=O)c2c(OC(F)(C(N)=O)C(F)(F)F)cccc2n1Cc1ccccc1. The molecular weight excluding hydrogens is 434 g/mol. The van der Waals surface area contributed by atoms with Crippen LogP contribution in [0, 0.1) is 6.92 Å². The van der Waals surface area contributed by atoms with Crippen LogP contribution in [-0.2, 0) is 16.1 Å². The molecule has 0 fully saturated rings. The van der Waals surface area contributed by atoms with Gasteiger partial charge >= 0.3 is 17.9 Å². The highest BCUT2D eigenvalue weighted by molar-refractivity contribution is 6.45. The lowest BCUT2D eigenvalue weighted by Crippen LogP contribution is -2.56. The molecule has 4 N–H and O–H groups in total. The highest BCUT2D eigenvalue weighted by Crippen LogP contribution is 2.41. The van der Waals surface area contributed by atoms with E-state index in [2.05, 4.69) is 10.5 Å². The van der Waals surface area contributed by atoms with E-state index in [4.69, 9.17) is 5.73 Å². The average molecular weight is 451 g/mol. The molecule has 1 aromatic heterocycles. The molecule has 0 aliphatic heterocycles. The first-order valence-electron chi connectivity index (χ1n) is 9.13. The molecular formula is C21H17F4N3O4. The Bertz CT molecular complexity index is 1220. The van der Waals surface area contributed by atoms with Crippen molar-refractivity contribution in [3.8, 4) is 5.75 Å². The minimum atomic E-state index is -5.81. The lowest BCUT2D eigenvalue weighted by atomic mass is 10.1. The Kier molecular flexibility index (Phi) is 5.69. The Labute approximate surface area is 178 Å². The van der Waals surface area contributed by atoms with Gasteiger partial charge in [0.2, 0.25) is 0 Å². The molecule has 32 heavy (non-hydrogen) atoms. The highest BCUT2D eigenvalue weighted by Gasteiger charge is 2.64. The van der Waals surface area contributed by atoms with Crippen LogP contribution >= 0.6 is 0 Å². The summed E-state index contributed by atoms with van der Waals surface area (Å²) in [6.07, 6.45) is -5.81. The number of primary amides is 2. The van der Waals surface area contributed by atoms with E-state index in [-0.39, 0.29) is 28.7 Å². The smallest absolute Gasteiger partial charge is 0.442 e. The van der Waals surface area contributed by atoms with Crippen LogP contribution in [0.25, 0.3) is 10.9 Å². The summed E-state index contributed by atoms with van der Waals surface area (Å²) in [6, 6.07) is 12.4. The number of amides is 2. The molecule has 0 saturated carbocycles. The van der Waals surface area contributed by atoms with Gasteiger partial charge in [0.15, 0.2) is 0 Å². The van der Waals surface area contributed by atoms with E-state index < -0.39 is 35.4 Å². The number of nitrogens with two attached hydrogens (primary N) is 2. The molecule has 2 aromatic carbocycles. The van der Waals surface area contributed by atoms with Gasteiger partial charge in [0.25, 0.3) is 11.7 Å². The van der Waals surface area contributed by atoms with E-state index in [9.17, 15) is 31.9 Å². The first-order valence-corrected chi connectivity index (χ1v) is 9.13. The zero-order valence-electron chi connectivity index (χ0n) is 16.6. The lowest BCUT2D eigenvalue weighted by molar-refractivity contribution is -0.285. The molecule has 0 aliphatic carbocycles. The number of aromatic nitrogens is 1. The predicted molar refractivity (Wildman–Crippen MR) is 105 cm³/mol. The first kappa shape index (κ1) is 22.8. The number of rotatable bonds is 7. The monoisotopic (exact) mass is 451 g/mol. The second-order valence-electron chi connectivity index (χ2n) is 6.94. The van der Waals surface area contributed by atoms with Crippen LogP contribution in [0.3, 0.4) is 0 Å². The van der Waals surface area contributed by atoms with Gasteiger partial charge in [0.1, 0.15) is 5.75 Å². The van der Waals surface area contributed by atoms with Gasteiger partial charge in [0, 0.05) is 12.2 Å². The number of ether oxygens (including phenoxy) is 1. The molecule has 0 spiro atoms. The molecule has 1 atom stereocenters. The van der Waals surface area contributed by atoms with Crippen molar-refractivity contribution in [2.75, 3.05) is 0 Å². The number of alkyl halides is 4. The molecule has 1 unspecified atom stereocenters. The van der Waals surface area contributed by atoms with E-state index >= 15 is 0 Å². The highest BCUT2D eigenvalue weighted by atomic mass is 19.4. The van der Waals surface area contributed by atoms with Crippen molar-refractivity contribution in [2.45, 2.75) is 25.5 Å². The maximum absolute atomic E-state index is 14.6. The summed E-state index contributed by atoms with van der Waals surface area (Å²) in [5.41, 5.74) is 10.5. The van der Waals surface area contributed by atoms with Gasteiger partial charge in [-0.3, -0.25) is 14.4 Å². The van der Waals surface area contributed by atoms with Crippen LogP contribution in [0.5, 0.6) is 5.75 Å². The number of carbonyl (C=O) groups is 3. The molecule has 0 aliphatic rings. The van der Waals surface area contributed by atoms with Crippen molar-refractivity contribution in [2.24, 2.45) is 11.5 Å². The van der Waals surface area contributed by atoms with Gasteiger partial charge < -0.3 is 20.8 Å². The third-order valence-electron chi connectivity index (χ3n) is 4.88. The van der Waals surface area contributed by atoms with E-state index in [0.717, 1.165) is 11.6 Å². The lowest BCUT2D eigenvalue weighted by Gasteiger charge is -2.25. The number of carbonyl (C=O) groups excluding carboxylic acids is 3. The largest absolute Gasteiger partial charge is 0.470 e. The number of fused-ring (bicyclic) bond motifs is 1. The second kappa shape index (κ2) is 7.98. The van der Waals surface area contributed by atoms with Crippen molar-refractivity contribution in [3.05, 3.63) is 65.4 Å². The van der Waals surface area contributed by atoms with Crippen molar-refractivity contribution >= 4 is 28.5 Å². The normalized spacial score (nSPS) is 13.5. The van der Waals surface area contributed by atoms with E-state index in [1.807, 2.05) is 0 Å². The minimum absolute atomic E-state index is 0.155. The zero-order valence-corrected chi connectivity index (χ0v) is 16.6. The standard InChI is InChI=1S/C21H17F4N3O4/c1-11-15(17(29)18(26)30)16-13(28(11)10-12-6-3-2-4-7-12)8-5-9-14(16)32-20(22,19(27)31)21(23,24)25/h2-9H,10H2,1H3,(H2,26,30)(H2,27,31). The van der Waals surface area contributed by atoms with E-state index in [1.54, 1.807) is 30.3 Å². The maximum atomic E-state index is 14.6. The molecule has 11 heteroatoms. The fourth-order valence-corrected chi connectivity index (χ4v) is 3.35. The van der Waals surface area contributed by atoms with Crippen molar-refractivity contribution < 1.29 is 36.7 Å². The molecule has 0 saturated heterocycles. The van der Waals surface area contributed by atoms with Crippen molar-refractivity contribution in [3.63, 3.8) is 0 Å². The van der Waals surface area contributed by atoms with Gasteiger partial charge in [0.05, 0.1) is 16.5 Å². The molecule has 3 aromatic rings. The number of hydrogen-bond donors (Lipinski definition) is 2. The Hall–Kier alpha value is -3.89. The van der Waals surface area contributed by atoms with Crippen LogP contribution < -0.4 is 16.2 Å². The number of hydrogen-bond acceptors (Lipinski definition) is 4. The Morgan fingerprint density at radius 3 is 2.12 bits per heavy atom. The number of halogens is 4. The third-order valence-corrected chi connectivity index (χ3v) is 4.88. The quantitative estimate of drug-likeness (QED) is 0.326. The topological polar surface area (TPSA) is 117 Å². The van der Waals surface area contributed by atoms with Crippen molar-refractivity contribution in [1.29, 1.82) is 0 Å².